The second-order valence-electron chi connectivity index (χ2n) is 7.81. The lowest BCUT2D eigenvalue weighted by Gasteiger charge is -2.24. The van der Waals surface area contributed by atoms with E-state index in [-0.39, 0.29) is 23.6 Å². The van der Waals surface area contributed by atoms with Gasteiger partial charge in [0.2, 0.25) is 5.91 Å². The molecule has 1 aliphatic rings. The molecule has 0 atom stereocenters. The zero-order valence-electron chi connectivity index (χ0n) is 16.2. The Morgan fingerprint density at radius 3 is 2.38 bits per heavy atom. The van der Waals surface area contributed by atoms with Gasteiger partial charge in [-0.05, 0) is 25.0 Å². The number of amides is 2. The minimum absolute atomic E-state index is 0.170. The predicted molar refractivity (Wildman–Crippen MR) is 104 cm³/mol. The van der Waals surface area contributed by atoms with Crippen LogP contribution in [0.2, 0.25) is 0 Å². The lowest BCUT2D eigenvalue weighted by molar-refractivity contribution is -0.129. The highest BCUT2D eigenvalue weighted by Crippen LogP contribution is 2.22. The third kappa shape index (κ3) is 5.61. The lowest BCUT2D eigenvalue weighted by Crippen LogP contribution is -2.43. The number of hydrogen-bond donors (Lipinski definition) is 2. The van der Waals surface area contributed by atoms with E-state index in [4.69, 9.17) is 4.74 Å². The summed E-state index contributed by atoms with van der Waals surface area (Å²) in [6.07, 6.45) is 7.13. The summed E-state index contributed by atoms with van der Waals surface area (Å²) >= 11 is 0. The number of para-hydroxylation sites is 1. The molecule has 0 unspecified atom stereocenters. The van der Waals surface area contributed by atoms with E-state index in [1.54, 1.807) is 13.2 Å². The zero-order chi connectivity index (χ0) is 19.2. The Balaban J connectivity index is 2.27. The molecule has 26 heavy (non-hydrogen) atoms. The summed E-state index contributed by atoms with van der Waals surface area (Å²) < 4.78 is 5.36. The maximum Gasteiger partial charge on any atom is 0.268 e. The van der Waals surface area contributed by atoms with E-state index in [2.05, 4.69) is 10.6 Å². The van der Waals surface area contributed by atoms with Crippen LogP contribution in [-0.2, 0) is 9.59 Å². The van der Waals surface area contributed by atoms with Crippen LogP contribution >= 0.6 is 0 Å². The second kappa shape index (κ2) is 8.88. The van der Waals surface area contributed by atoms with Crippen molar-refractivity contribution in [3.8, 4) is 5.75 Å². The largest absolute Gasteiger partial charge is 0.496 e. The van der Waals surface area contributed by atoms with Gasteiger partial charge in [-0.2, -0.15) is 0 Å². The van der Waals surface area contributed by atoms with E-state index in [9.17, 15) is 9.59 Å². The van der Waals surface area contributed by atoms with Crippen molar-refractivity contribution >= 4 is 17.9 Å². The summed E-state index contributed by atoms with van der Waals surface area (Å²) in [5.74, 6) is 0.207. The van der Waals surface area contributed by atoms with Gasteiger partial charge < -0.3 is 15.4 Å². The molecule has 0 saturated heterocycles. The van der Waals surface area contributed by atoms with Crippen molar-refractivity contribution in [2.45, 2.75) is 58.9 Å². The van der Waals surface area contributed by atoms with Gasteiger partial charge in [0.25, 0.3) is 5.91 Å². The molecule has 0 spiro atoms. The molecule has 0 heterocycles. The Hall–Kier alpha value is -2.30. The summed E-state index contributed by atoms with van der Waals surface area (Å²) in [7, 11) is 1.59. The Morgan fingerprint density at radius 1 is 1.12 bits per heavy atom. The average molecular weight is 358 g/mol. The van der Waals surface area contributed by atoms with Crippen LogP contribution in [0.15, 0.2) is 30.0 Å². The van der Waals surface area contributed by atoms with Crippen LogP contribution in [0.5, 0.6) is 5.75 Å². The monoisotopic (exact) mass is 358 g/mol. The first-order valence-electron chi connectivity index (χ1n) is 9.28. The normalized spacial score (nSPS) is 16.1. The molecule has 1 aromatic rings. The fourth-order valence-electron chi connectivity index (χ4n) is 2.92. The molecule has 0 bridgehead atoms. The highest BCUT2D eigenvalue weighted by Gasteiger charge is 2.25. The van der Waals surface area contributed by atoms with Gasteiger partial charge in [0, 0.05) is 17.0 Å². The highest BCUT2D eigenvalue weighted by atomic mass is 16.5. The molecule has 0 aliphatic heterocycles. The molecule has 142 valence electrons. The molecular weight excluding hydrogens is 328 g/mol. The number of rotatable bonds is 5. The van der Waals surface area contributed by atoms with Crippen molar-refractivity contribution in [2.24, 2.45) is 5.41 Å². The lowest BCUT2D eigenvalue weighted by atomic mass is 9.94. The zero-order valence-corrected chi connectivity index (χ0v) is 16.2. The highest BCUT2D eigenvalue weighted by molar-refractivity contribution is 6.02. The summed E-state index contributed by atoms with van der Waals surface area (Å²) in [5, 5.41) is 5.87. The number of benzene rings is 1. The SMILES string of the molecule is COc1ccccc1/C=C(/NC(=O)C(C)(C)C)C(=O)NC1CCCCC1. The molecule has 0 radical (unpaired) electrons. The van der Waals surface area contributed by atoms with Crippen LogP contribution in [0.25, 0.3) is 6.08 Å². The molecule has 1 aliphatic carbocycles. The van der Waals surface area contributed by atoms with Crippen LogP contribution in [0, 0.1) is 5.41 Å². The minimum Gasteiger partial charge on any atom is -0.496 e. The topological polar surface area (TPSA) is 67.4 Å². The third-order valence-electron chi connectivity index (χ3n) is 4.55. The smallest absolute Gasteiger partial charge is 0.268 e. The van der Waals surface area contributed by atoms with Crippen LogP contribution in [0.1, 0.15) is 58.4 Å². The number of ether oxygens (including phenoxy) is 1. The number of carbonyl (C=O) groups excluding carboxylic acids is 2. The van der Waals surface area contributed by atoms with E-state index < -0.39 is 5.41 Å². The molecule has 1 aromatic carbocycles. The van der Waals surface area contributed by atoms with Crippen molar-refractivity contribution in [3.63, 3.8) is 0 Å². The number of hydrogen-bond acceptors (Lipinski definition) is 3. The molecule has 1 fully saturated rings. The molecule has 0 aromatic heterocycles. The van der Waals surface area contributed by atoms with Gasteiger partial charge in [0.05, 0.1) is 7.11 Å². The van der Waals surface area contributed by atoms with Crippen LogP contribution in [0.3, 0.4) is 0 Å². The molecule has 2 rings (SSSR count). The van der Waals surface area contributed by atoms with Gasteiger partial charge in [-0.1, -0.05) is 58.2 Å². The first-order chi connectivity index (χ1) is 12.3. The Labute approximate surface area is 156 Å². The molecule has 1 saturated carbocycles. The summed E-state index contributed by atoms with van der Waals surface area (Å²) in [6, 6.07) is 7.59. The van der Waals surface area contributed by atoms with E-state index in [0.29, 0.717) is 5.75 Å². The van der Waals surface area contributed by atoms with E-state index in [0.717, 1.165) is 31.2 Å². The van der Waals surface area contributed by atoms with Crippen molar-refractivity contribution in [3.05, 3.63) is 35.5 Å². The van der Waals surface area contributed by atoms with E-state index in [1.807, 2.05) is 45.0 Å². The van der Waals surface area contributed by atoms with Crippen LogP contribution in [-0.4, -0.2) is 25.0 Å². The van der Waals surface area contributed by atoms with Crippen LogP contribution < -0.4 is 15.4 Å². The fourth-order valence-corrected chi connectivity index (χ4v) is 2.92. The van der Waals surface area contributed by atoms with E-state index >= 15 is 0 Å². The fraction of sp³-hybridized carbons (Fsp3) is 0.524. The molecular formula is C21H30N2O3. The van der Waals surface area contributed by atoms with Gasteiger partial charge in [0.15, 0.2) is 0 Å². The van der Waals surface area contributed by atoms with Crippen LogP contribution in [0.4, 0.5) is 0 Å². The summed E-state index contributed by atoms with van der Waals surface area (Å²) in [4.78, 5) is 25.3. The summed E-state index contributed by atoms with van der Waals surface area (Å²) in [6.45, 7) is 5.46. The number of carbonyl (C=O) groups is 2. The standard InChI is InChI=1S/C21H30N2O3/c1-21(2,3)20(25)23-17(14-15-10-8-9-13-18(15)26-4)19(24)22-16-11-6-5-7-12-16/h8-10,13-14,16H,5-7,11-12H2,1-4H3,(H,22,24)(H,23,25)/b17-14+. The second-order valence-corrected chi connectivity index (χ2v) is 7.81. The van der Waals surface area contributed by atoms with Crippen molar-refractivity contribution < 1.29 is 14.3 Å². The van der Waals surface area contributed by atoms with Gasteiger partial charge in [-0.3, -0.25) is 9.59 Å². The summed E-state index contributed by atoms with van der Waals surface area (Å²) in [5.41, 5.74) is 0.406. The molecule has 5 heteroatoms. The Morgan fingerprint density at radius 2 is 1.77 bits per heavy atom. The van der Waals surface area contributed by atoms with Crippen molar-refractivity contribution in [1.82, 2.24) is 10.6 Å². The van der Waals surface area contributed by atoms with Gasteiger partial charge in [-0.25, -0.2) is 0 Å². The number of nitrogens with one attached hydrogen (secondary N) is 2. The van der Waals surface area contributed by atoms with E-state index in [1.165, 1.54) is 6.42 Å². The molecule has 5 nitrogen and oxygen atoms in total. The minimum atomic E-state index is -0.592. The van der Waals surface area contributed by atoms with Crippen molar-refractivity contribution in [1.29, 1.82) is 0 Å². The quantitative estimate of drug-likeness (QED) is 0.790. The first-order valence-corrected chi connectivity index (χ1v) is 9.28. The Kier molecular flexibility index (Phi) is 6.83. The average Bonchev–Trinajstić information content (AvgIpc) is 2.61. The first kappa shape index (κ1) is 20.0. The molecule has 2 N–H and O–H groups in total. The van der Waals surface area contributed by atoms with Gasteiger partial charge in [-0.15, -0.1) is 0 Å². The number of methoxy groups -OCH3 is 1. The third-order valence-corrected chi connectivity index (χ3v) is 4.55. The molecule has 2 amide bonds. The predicted octanol–water partition coefficient (Wildman–Crippen LogP) is 3.65. The maximum absolute atomic E-state index is 12.8. The van der Waals surface area contributed by atoms with Crippen molar-refractivity contribution in [2.75, 3.05) is 7.11 Å². The Bertz CT molecular complexity index is 668. The maximum atomic E-state index is 12.8. The van der Waals surface area contributed by atoms with Gasteiger partial charge >= 0.3 is 0 Å². The van der Waals surface area contributed by atoms with Gasteiger partial charge in [0.1, 0.15) is 11.4 Å².